The van der Waals surface area contributed by atoms with Crippen molar-refractivity contribution in [2.75, 3.05) is 46.2 Å². The van der Waals surface area contributed by atoms with Crippen LogP contribution in [-0.2, 0) is 95.0 Å². The van der Waals surface area contributed by atoms with E-state index in [1.165, 1.54) is 6.92 Å². The van der Waals surface area contributed by atoms with Gasteiger partial charge < -0.3 is 200 Å². The van der Waals surface area contributed by atoms with Gasteiger partial charge in [0.1, 0.15) is 189 Å². The van der Waals surface area contributed by atoms with E-state index in [9.17, 15) is 126 Å². The van der Waals surface area contributed by atoms with Crippen molar-refractivity contribution in [1.29, 1.82) is 0 Å². The Hall–Kier alpha value is -4.05. The molecule has 0 bridgehead atoms. The van der Waals surface area contributed by atoms with Crippen LogP contribution in [-0.4, -0.2) is 423 Å². The Labute approximate surface area is 585 Å². The van der Waals surface area contributed by atoms with E-state index in [-0.39, 0.29) is 0 Å². The van der Waals surface area contributed by atoms with Crippen LogP contribution in [0.2, 0.25) is 0 Å². The zero-order chi connectivity index (χ0) is 76.1. The fourth-order valence-corrected chi connectivity index (χ4v) is 13.3. The summed E-state index contributed by atoms with van der Waals surface area (Å²) in [6.45, 7) is -0.713. The van der Waals surface area contributed by atoms with Gasteiger partial charge in [-0.25, -0.2) is 0 Å². The van der Waals surface area contributed by atoms with Gasteiger partial charge in [-0.05, 0) is 6.92 Å². The predicted molar refractivity (Wildman–Crippen MR) is 321 cm³/mol. The van der Waals surface area contributed by atoms with Crippen molar-refractivity contribution in [2.45, 2.75) is 287 Å². The number of nitrogens with one attached hydrogen (secondary N) is 5. The Morgan fingerprint density at radius 3 is 1.02 bits per heavy atom. The smallest absolute Gasteiger partial charge is 0.217 e. The Kier molecular flexibility index (Phi) is 30.3. The van der Waals surface area contributed by atoms with Crippen LogP contribution in [0.4, 0.5) is 0 Å². The first-order valence-electron chi connectivity index (χ1n) is 33.0. The van der Waals surface area contributed by atoms with Gasteiger partial charge in [-0.15, -0.1) is 0 Å². The van der Waals surface area contributed by atoms with Crippen molar-refractivity contribution in [1.82, 2.24) is 26.6 Å². The molecule has 0 unspecified atom stereocenters. The van der Waals surface area contributed by atoms with E-state index in [1.54, 1.807) is 0 Å². The number of hydrogen-bond acceptors (Lipinski definition) is 40. The van der Waals surface area contributed by atoms with Crippen molar-refractivity contribution in [2.24, 2.45) is 0 Å². The zero-order valence-corrected chi connectivity index (χ0v) is 56.2. The van der Waals surface area contributed by atoms with Gasteiger partial charge in [0, 0.05) is 34.6 Å². The Morgan fingerprint density at radius 2 is 0.583 bits per heavy atom. The predicted octanol–water partition coefficient (Wildman–Crippen LogP) is -16.7. The number of rotatable bonds is 26. The zero-order valence-electron chi connectivity index (χ0n) is 56.2. The van der Waals surface area contributed by atoms with Crippen molar-refractivity contribution in [3.63, 3.8) is 0 Å². The second-order valence-electron chi connectivity index (χ2n) is 26.1. The van der Waals surface area contributed by atoms with E-state index in [0.717, 1.165) is 34.6 Å². The van der Waals surface area contributed by atoms with Gasteiger partial charge in [0.2, 0.25) is 29.5 Å². The average Bonchev–Trinajstić information content (AvgIpc) is 0.771. The van der Waals surface area contributed by atoms with Crippen LogP contribution >= 0.6 is 0 Å². The van der Waals surface area contributed by atoms with E-state index in [1.807, 2.05) is 0 Å². The number of carbonyl (C=O) groups is 5. The first-order valence-corrected chi connectivity index (χ1v) is 33.0. The largest absolute Gasteiger partial charge is 0.394 e. The highest BCUT2D eigenvalue weighted by atomic mass is 16.8. The van der Waals surface area contributed by atoms with E-state index in [4.69, 9.17) is 71.1 Å². The Morgan fingerprint density at radius 1 is 0.272 bits per heavy atom. The van der Waals surface area contributed by atoms with Gasteiger partial charge in [-0.3, -0.25) is 24.0 Å². The highest BCUT2D eigenvalue weighted by Gasteiger charge is 2.60. The lowest BCUT2D eigenvalue weighted by atomic mass is 9.93. The second kappa shape index (κ2) is 36.9. The molecule has 25 N–H and O–H groups in total. The summed E-state index contributed by atoms with van der Waals surface area (Å²) in [5.74, 6) is -4.08. The molecule has 0 aliphatic carbocycles. The molecule has 45 nitrogen and oxygen atoms in total. The molecule has 45 heteroatoms. The minimum Gasteiger partial charge on any atom is -0.394 e. The highest BCUT2D eigenvalue weighted by Crippen LogP contribution is 2.39. The third kappa shape index (κ3) is 19.2. The maximum atomic E-state index is 13.0. The number of amides is 5. The maximum Gasteiger partial charge on any atom is 0.217 e. The molecule has 8 aliphatic heterocycles. The molecule has 0 aromatic rings. The van der Waals surface area contributed by atoms with Crippen LogP contribution < -0.4 is 26.6 Å². The number of aliphatic hydroxyl groups excluding tert-OH is 20. The highest BCUT2D eigenvalue weighted by molar-refractivity contribution is 5.75. The van der Waals surface area contributed by atoms with Crippen LogP contribution in [0.25, 0.3) is 0 Å². The Balaban J connectivity index is 0.979. The summed E-state index contributed by atoms with van der Waals surface area (Å²) >= 11 is 0. The molecule has 8 rings (SSSR count). The van der Waals surface area contributed by atoms with Crippen LogP contribution in [0.1, 0.15) is 41.5 Å². The monoisotopic (exact) mass is 1500 g/mol. The van der Waals surface area contributed by atoms with Crippen molar-refractivity contribution in [3.05, 3.63) is 0 Å². The van der Waals surface area contributed by atoms with Gasteiger partial charge in [0.15, 0.2) is 50.3 Å². The third-order valence-electron chi connectivity index (χ3n) is 18.6. The number of hydrogen-bond donors (Lipinski definition) is 25. The van der Waals surface area contributed by atoms with E-state index in [0.29, 0.717) is 0 Å². The molecule has 0 saturated carbocycles. The first kappa shape index (κ1) is 84.6. The standard InChI is InChI=1S/C58H97N5O40/c1-14-32(75)40(83)42(85)56(90-14)103-50-44(87)48(99-53-27(59-15(2)70)36(79)33(76)20(7-64)92-53)25(12-69)97-58(50)101-46-23(10-67)95-55(30(39(46)82)62-18(5)73)98-47-24(11-68)96-57(43(86)41(47)84)100-45-22(9-66)94-52(29(38(45)81)61-17(4)72)89-13-26-35(78)49(31(51(88)91-26)63-19(6)74)102-54-28(60-16(3)71)37(80)34(77)21(8-65)93-54/h14,20-58,64-69,75-88H,7-13H2,1-6H3,(H,59,70)(H,60,71)(H,61,72)(H,62,73)(H,63,74)/t14-,20+,21+,22+,23+,24+,25+,26+,27+,28+,29+,30+,31+,32+,33+,34+,35-,36+,37+,38+,39+,40+,41+,42-,43+,44-,45+,46+,47-,48-,49+,50+,51-,52+,53+,54-,55+,56-,57-,58-/m0/s1. The number of carbonyl (C=O) groups excluding carboxylic acids is 5. The lowest BCUT2D eigenvalue weighted by molar-refractivity contribution is -0.399. The molecule has 0 aromatic carbocycles. The molecule has 8 heterocycles. The molecular formula is C58H97N5O40. The van der Waals surface area contributed by atoms with Crippen molar-refractivity contribution >= 4 is 29.5 Å². The minimum atomic E-state index is -2.31. The average molecular weight is 1500 g/mol. The SMILES string of the molecule is CC(=O)N[C@@H]1[C@@H](O[C@@H]2O[C@H](CO)[C@@H](O)[C@H](O)[C@H]2NC(C)=O)[C@@H](O)[C@@H](CO[C@@H]2O[C@H](CO)[C@@H](O[C@@H]3O[C@H](CO)[C@H](O[C@H]4O[C@H](CO)[C@@H](O[C@@H]5O[C@H](CO)[C@H](O[C@H]6O[C@H](CO)[C@@H](O)[C@H](O)[C@H]6NC(C)=O)[C@H](O)[C@H]5O[C@@H]5O[C@@H](C)[C@@H](O)[C@@H](O)[C@@H]5O)[C@H](O)[C@H]4NC(C)=O)[C@H](O)[C@H]3O)[C@H](O)[C@H]2NC(C)=O)O[C@@H]1O. The molecule has 40 atom stereocenters. The topological polar surface area (TPSA) is 689 Å². The maximum absolute atomic E-state index is 13.0. The molecular weight excluding hydrogens is 1410 g/mol. The van der Waals surface area contributed by atoms with Gasteiger partial charge in [-0.2, -0.15) is 0 Å². The van der Waals surface area contributed by atoms with E-state index < -0.39 is 321 Å². The van der Waals surface area contributed by atoms with Gasteiger partial charge >= 0.3 is 0 Å². The van der Waals surface area contributed by atoms with Crippen molar-refractivity contribution in [3.8, 4) is 0 Å². The summed E-state index contributed by atoms with van der Waals surface area (Å²) in [5, 5.41) is 233. The molecule has 0 spiro atoms. The summed E-state index contributed by atoms with van der Waals surface area (Å²) in [5.41, 5.74) is 0. The van der Waals surface area contributed by atoms with Crippen LogP contribution in [0.15, 0.2) is 0 Å². The summed E-state index contributed by atoms with van der Waals surface area (Å²) in [4.78, 5) is 62.5. The van der Waals surface area contributed by atoms with Crippen LogP contribution in [0.3, 0.4) is 0 Å². The molecule has 0 aromatic heterocycles. The molecule has 0 radical (unpaired) electrons. The molecule has 5 amide bonds. The molecule has 8 saturated heterocycles. The Bertz CT molecular complexity index is 2750. The van der Waals surface area contributed by atoms with Crippen LogP contribution in [0, 0.1) is 0 Å². The number of aliphatic hydroxyl groups is 20. The third-order valence-corrected chi connectivity index (χ3v) is 18.6. The second-order valence-corrected chi connectivity index (χ2v) is 26.1. The lowest BCUT2D eigenvalue weighted by Crippen LogP contribution is -2.71. The molecule has 594 valence electrons. The van der Waals surface area contributed by atoms with Gasteiger partial charge in [0.05, 0.1) is 52.4 Å². The summed E-state index contributed by atoms with van der Waals surface area (Å²) < 4.78 is 88.7. The van der Waals surface area contributed by atoms with Gasteiger partial charge in [-0.1, -0.05) is 0 Å². The lowest BCUT2D eigenvalue weighted by Gasteiger charge is -2.51. The summed E-state index contributed by atoms with van der Waals surface area (Å²) in [7, 11) is 0. The first-order chi connectivity index (χ1) is 48.6. The molecule has 8 fully saturated rings. The minimum absolute atomic E-state index is 0.753. The van der Waals surface area contributed by atoms with Gasteiger partial charge in [0.25, 0.3) is 0 Å². The van der Waals surface area contributed by atoms with Crippen molar-refractivity contribution < 1.29 is 197 Å². The molecule has 103 heavy (non-hydrogen) atoms. The quantitative estimate of drug-likeness (QED) is 0.0382. The molecule has 8 aliphatic rings. The van der Waals surface area contributed by atoms with Crippen LogP contribution in [0.5, 0.6) is 0 Å². The summed E-state index contributed by atoms with van der Waals surface area (Å²) in [6.07, 6.45) is -67.0. The normalized spacial score (nSPS) is 47.6. The van der Waals surface area contributed by atoms with E-state index >= 15 is 0 Å². The fraction of sp³-hybridized carbons (Fsp3) is 0.914. The fourth-order valence-electron chi connectivity index (χ4n) is 13.3. The summed E-state index contributed by atoms with van der Waals surface area (Å²) in [6, 6.07) is -8.49. The van der Waals surface area contributed by atoms with E-state index in [2.05, 4.69) is 26.6 Å². The number of ether oxygens (including phenoxy) is 15.